The fraction of sp³-hybridized carbons (Fsp3) is 0.578. The van der Waals surface area contributed by atoms with E-state index >= 15 is 0 Å². The second-order valence-corrected chi connectivity index (χ2v) is 17.5. The van der Waals surface area contributed by atoms with Crippen LogP contribution in [0.15, 0.2) is 36.4 Å². The number of benzene rings is 2. The summed E-state index contributed by atoms with van der Waals surface area (Å²) >= 11 is 1.56. The van der Waals surface area contributed by atoms with Crippen LogP contribution in [0.4, 0.5) is 4.79 Å². The molecule has 4 bridgehead atoms. The molecule has 0 fully saturated rings. The van der Waals surface area contributed by atoms with Crippen LogP contribution in [-0.4, -0.2) is 96.4 Å². The van der Waals surface area contributed by atoms with E-state index in [1.165, 1.54) is 18.7 Å². The number of fused-ring (bicyclic) bond motifs is 5. The van der Waals surface area contributed by atoms with Crippen molar-refractivity contribution >= 4 is 52.8 Å². The first kappa shape index (κ1) is 48.6. The van der Waals surface area contributed by atoms with Crippen LogP contribution in [0.2, 0.25) is 0 Å². The van der Waals surface area contributed by atoms with Gasteiger partial charge in [0.2, 0.25) is 11.8 Å². The molecule has 1 aliphatic rings. The van der Waals surface area contributed by atoms with E-state index in [4.69, 9.17) is 14.2 Å². The molecule has 1 aliphatic heterocycles. The number of alkyl carbamates (subject to hydrolysis) is 1. The molecular weight excluding hydrogens is 775 g/mol. The molecule has 5 atom stereocenters. The number of likely N-dealkylation sites (N-methyl/N-ethyl adjacent to an activating group) is 1. The van der Waals surface area contributed by atoms with Crippen LogP contribution in [0.25, 0.3) is 11.1 Å². The predicted molar refractivity (Wildman–Crippen MR) is 229 cm³/mol. The summed E-state index contributed by atoms with van der Waals surface area (Å²) < 4.78 is 17.9. The van der Waals surface area contributed by atoms with E-state index in [-0.39, 0.29) is 62.1 Å². The van der Waals surface area contributed by atoms with Crippen LogP contribution in [0, 0.1) is 17.8 Å². The van der Waals surface area contributed by atoms with Crippen molar-refractivity contribution in [2.45, 2.75) is 112 Å². The van der Waals surface area contributed by atoms with E-state index in [2.05, 4.69) is 10.6 Å². The maximum absolute atomic E-state index is 14.6. The van der Waals surface area contributed by atoms with Gasteiger partial charge in [-0.1, -0.05) is 32.9 Å². The molecule has 1 heterocycles. The molecule has 0 saturated carbocycles. The minimum atomic E-state index is -1.15. The summed E-state index contributed by atoms with van der Waals surface area (Å²) in [7, 11) is 1.55. The average molecular weight is 838 g/mol. The highest BCUT2D eigenvalue weighted by Gasteiger charge is 2.36. The number of ketones is 4. The van der Waals surface area contributed by atoms with Gasteiger partial charge in [0.25, 0.3) is 0 Å². The Hall–Kier alpha value is -4.72. The first-order valence-electron chi connectivity index (χ1n) is 20.4. The number of amides is 3. The van der Waals surface area contributed by atoms with Crippen molar-refractivity contribution in [3.05, 3.63) is 47.5 Å². The van der Waals surface area contributed by atoms with Crippen LogP contribution in [0.5, 0.6) is 11.5 Å². The molecule has 0 spiro atoms. The first-order valence-corrected chi connectivity index (χ1v) is 21.8. The second-order valence-electron chi connectivity index (χ2n) is 16.5. The fourth-order valence-electron chi connectivity index (χ4n) is 6.78. The summed E-state index contributed by atoms with van der Waals surface area (Å²) in [6.45, 7) is 13.9. The van der Waals surface area contributed by atoms with Gasteiger partial charge in [-0.25, -0.2) is 4.79 Å². The zero-order valence-corrected chi connectivity index (χ0v) is 37.2. The number of hydrogen-bond acceptors (Lipinski definition) is 11. The Morgan fingerprint density at radius 2 is 1.59 bits per heavy atom. The Balaban J connectivity index is 2.27. The lowest BCUT2D eigenvalue weighted by Crippen LogP contribution is -2.46. The van der Waals surface area contributed by atoms with Gasteiger partial charge in [0.1, 0.15) is 41.3 Å². The van der Waals surface area contributed by atoms with Gasteiger partial charge >= 0.3 is 6.09 Å². The van der Waals surface area contributed by atoms with Crippen molar-refractivity contribution in [2.75, 3.05) is 38.8 Å². The number of Topliss-reactive ketones (excluding diaryl/α,β-unsaturated/α-hetero) is 4. The minimum Gasteiger partial charge on any atom is -0.493 e. The molecule has 0 radical (unpaired) electrons. The Morgan fingerprint density at radius 3 is 2.20 bits per heavy atom. The van der Waals surface area contributed by atoms with E-state index in [1.54, 1.807) is 83.8 Å². The zero-order chi connectivity index (χ0) is 44.0. The molecule has 59 heavy (non-hydrogen) atoms. The molecule has 2 N–H and O–H groups in total. The number of carbonyl (C=O) groups is 7. The van der Waals surface area contributed by atoms with E-state index in [0.29, 0.717) is 59.0 Å². The molecule has 3 amide bonds. The SMILES string of the molecule is CCCOc1ccc2cc1-c1cc(ccc1OCCNC(=O)OC(C)(C)C)C[C@@H](C(=O)C[C@@H](C)C(C)=O)NC(=O)[C@H](C)CC(=O)[C@H]2N(C)C(=O)[C@H](CCSC)CC(C)=O. The van der Waals surface area contributed by atoms with Gasteiger partial charge in [-0.15, -0.1) is 0 Å². The molecule has 0 aliphatic carbocycles. The third-order valence-electron chi connectivity index (χ3n) is 10.0. The third kappa shape index (κ3) is 14.8. The summed E-state index contributed by atoms with van der Waals surface area (Å²) in [6.07, 6.45) is 2.22. The maximum Gasteiger partial charge on any atom is 0.407 e. The standard InChI is InChI=1S/C45H63N3O10S/c1-11-18-56-40-15-13-32-26-35(40)34-24-31(12-14-39(34)57-19-17-46-44(55)58-45(6,7)8)25-36(37(51)21-27(2)30(5)50)47-42(53)28(3)22-38(52)41(32)48(9)43(54)33(16-20-59-10)23-29(4)49/h12-15,24,26-28,33,36,41H,11,16-23,25H2,1-10H3,(H,46,55)(H,47,53)/t27-,28-,33-,36+,41+/m1/s1. The maximum atomic E-state index is 14.6. The fourth-order valence-corrected chi connectivity index (χ4v) is 7.30. The summed E-state index contributed by atoms with van der Waals surface area (Å²) in [5.74, 6) is -2.51. The van der Waals surface area contributed by atoms with Crippen molar-refractivity contribution in [1.29, 1.82) is 0 Å². The molecule has 0 saturated heterocycles. The summed E-state index contributed by atoms with van der Waals surface area (Å²) in [5.41, 5.74) is 1.55. The number of nitrogens with one attached hydrogen (secondary N) is 2. The number of thioether (sulfide) groups is 1. The summed E-state index contributed by atoms with van der Waals surface area (Å²) in [6, 6.07) is 8.46. The molecule has 14 heteroatoms. The molecular formula is C45H63N3O10S. The lowest BCUT2D eigenvalue weighted by atomic mass is 9.88. The molecule has 0 unspecified atom stereocenters. The quantitative estimate of drug-likeness (QED) is 0.153. The first-order chi connectivity index (χ1) is 27.8. The Bertz CT molecular complexity index is 1840. The van der Waals surface area contributed by atoms with Crippen LogP contribution in [0.1, 0.15) is 105 Å². The number of rotatable bonds is 18. The van der Waals surface area contributed by atoms with Gasteiger partial charge in [-0.3, -0.25) is 24.0 Å². The average Bonchev–Trinajstić information content (AvgIpc) is 3.15. The molecule has 2 aromatic rings. The number of hydrogen-bond donors (Lipinski definition) is 2. The van der Waals surface area contributed by atoms with Crippen LogP contribution in [0.3, 0.4) is 0 Å². The lowest BCUT2D eigenvalue weighted by Gasteiger charge is -2.32. The van der Waals surface area contributed by atoms with Crippen LogP contribution in [-0.2, 0) is 39.9 Å². The van der Waals surface area contributed by atoms with Gasteiger partial charge in [-0.2, -0.15) is 11.8 Å². The van der Waals surface area contributed by atoms with Crippen molar-refractivity contribution in [3.63, 3.8) is 0 Å². The molecule has 2 aromatic carbocycles. The smallest absolute Gasteiger partial charge is 0.407 e. The van der Waals surface area contributed by atoms with E-state index < -0.39 is 53.2 Å². The van der Waals surface area contributed by atoms with Gasteiger partial charge in [-0.05, 0) is 101 Å². The Morgan fingerprint density at radius 1 is 0.949 bits per heavy atom. The highest BCUT2D eigenvalue weighted by molar-refractivity contribution is 7.98. The molecule has 0 aromatic heterocycles. The Labute approximate surface area is 353 Å². The van der Waals surface area contributed by atoms with Crippen molar-refractivity contribution in [2.24, 2.45) is 17.8 Å². The van der Waals surface area contributed by atoms with Gasteiger partial charge in [0.15, 0.2) is 11.6 Å². The summed E-state index contributed by atoms with van der Waals surface area (Å²) in [5, 5.41) is 5.57. The van der Waals surface area contributed by atoms with Crippen LogP contribution < -0.4 is 20.1 Å². The van der Waals surface area contributed by atoms with Crippen molar-refractivity contribution in [3.8, 4) is 22.6 Å². The topological polar surface area (TPSA) is 174 Å². The van der Waals surface area contributed by atoms with Gasteiger partial charge in [0, 0.05) is 55.2 Å². The third-order valence-corrected chi connectivity index (χ3v) is 10.7. The monoisotopic (exact) mass is 837 g/mol. The normalized spacial score (nSPS) is 18.0. The van der Waals surface area contributed by atoms with E-state index in [9.17, 15) is 33.6 Å². The number of nitrogens with zero attached hydrogens (tertiary/aromatic N) is 1. The predicted octanol–water partition coefficient (Wildman–Crippen LogP) is 6.71. The molecule has 3 rings (SSSR count). The number of carbonyl (C=O) groups excluding carboxylic acids is 7. The Kier molecular flexibility index (Phi) is 18.6. The zero-order valence-electron chi connectivity index (χ0n) is 36.4. The number of ether oxygens (including phenoxy) is 3. The van der Waals surface area contributed by atoms with Gasteiger partial charge < -0.3 is 34.5 Å². The van der Waals surface area contributed by atoms with Crippen molar-refractivity contribution in [1.82, 2.24) is 15.5 Å². The highest BCUT2D eigenvalue weighted by Crippen LogP contribution is 2.41. The lowest BCUT2D eigenvalue weighted by molar-refractivity contribution is -0.143. The van der Waals surface area contributed by atoms with E-state index in [1.807, 2.05) is 19.2 Å². The molecule has 324 valence electrons. The second kappa shape index (κ2) is 22.6. The largest absolute Gasteiger partial charge is 0.493 e. The molecule has 13 nitrogen and oxygen atoms in total. The summed E-state index contributed by atoms with van der Waals surface area (Å²) in [4.78, 5) is 94.7. The van der Waals surface area contributed by atoms with E-state index in [0.717, 1.165) is 0 Å². The van der Waals surface area contributed by atoms with Gasteiger partial charge in [0.05, 0.1) is 19.2 Å². The van der Waals surface area contributed by atoms with Crippen LogP contribution >= 0.6 is 11.8 Å². The highest BCUT2D eigenvalue weighted by atomic mass is 32.2. The minimum absolute atomic E-state index is 0.0203. The van der Waals surface area contributed by atoms with Crippen molar-refractivity contribution < 1.29 is 47.8 Å².